The third kappa shape index (κ3) is 4.73. The zero-order valence-electron chi connectivity index (χ0n) is 13.5. The molecule has 142 valence electrons. The average Bonchev–Trinajstić information content (AvgIpc) is 2.90. The van der Waals surface area contributed by atoms with Crippen LogP contribution in [0.1, 0.15) is 17.0 Å². The Kier molecular flexibility index (Phi) is 5.56. The number of aryl methyl sites for hydroxylation is 2. The number of amides is 1. The van der Waals surface area contributed by atoms with E-state index < -0.39 is 34.3 Å². The van der Waals surface area contributed by atoms with E-state index in [-0.39, 0.29) is 22.1 Å². The van der Waals surface area contributed by atoms with Crippen molar-refractivity contribution in [1.82, 2.24) is 15.4 Å². The van der Waals surface area contributed by atoms with Crippen LogP contribution in [0.3, 0.4) is 0 Å². The van der Waals surface area contributed by atoms with Crippen LogP contribution in [0.2, 0.25) is 0 Å². The molecule has 0 radical (unpaired) electrons. The van der Waals surface area contributed by atoms with Gasteiger partial charge in [0.2, 0.25) is 0 Å². The lowest BCUT2D eigenvalue weighted by Crippen LogP contribution is -2.44. The summed E-state index contributed by atoms with van der Waals surface area (Å²) in [5.41, 5.74) is 1.05. The van der Waals surface area contributed by atoms with Gasteiger partial charge in [-0.05, 0) is 32.0 Å². The number of benzene rings is 1. The smallest absolute Gasteiger partial charge is 0.416 e. The lowest BCUT2D eigenvalue weighted by Gasteiger charge is -2.11. The van der Waals surface area contributed by atoms with Gasteiger partial charge in [0, 0.05) is 0 Å². The molecule has 1 heterocycles. The summed E-state index contributed by atoms with van der Waals surface area (Å²) in [6.45, 7) is 2.09. The number of carbonyl (C=O) groups excluding carboxylic acids is 1. The predicted molar refractivity (Wildman–Crippen MR) is 81.4 cm³/mol. The Morgan fingerprint density at radius 3 is 2.58 bits per heavy atom. The number of halogens is 3. The van der Waals surface area contributed by atoms with E-state index >= 15 is 0 Å². The Hall–Kier alpha value is -2.60. The molecule has 1 aromatic carbocycles. The standard InChI is InChI=1S/C14H14F3N3O5S/c1-8-13(9(2)25-19-8)26(22,23)20-18-12(21)7-24-11-5-3-4-10(6-11)14(15,16)17/h3-6,20H,7H2,1-2H3,(H,18,21). The molecule has 0 aliphatic rings. The lowest BCUT2D eigenvalue weighted by molar-refractivity contribution is -0.137. The van der Waals surface area contributed by atoms with Crippen LogP contribution in [-0.4, -0.2) is 26.1 Å². The molecule has 0 fully saturated rings. The molecule has 26 heavy (non-hydrogen) atoms. The number of alkyl halides is 3. The van der Waals surface area contributed by atoms with Gasteiger partial charge in [0.05, 0.1) is 5.56 Å². The third-order valence-corrected chi connectivity index (χ3v) is 4.58. The molecule has 0 saturated heterocycles. The third-order valence-electron chi connectivity index (χ3n) is 3.09. The van der Waals surface area contributed by atoms with Gasteiger partial charge < -0.3 is 9.26 Å². The summed E-state index contributed by atoms with van der Waals surface area (Å²) < 4.78 is 71.6. The molecule has 0 unspecified atom stereocenters. The van der Waals surface area contributed by atoms with Crippen LogP contribution in [0.4, 0.5) is 13.2 Å². The van der Waals surface area contributed by atoms with Gasteiger partial charge in [-0.2, -0.15) is 13.2 Å². The van der Waals surface area contributed by atoms with Crippen LogP contribution in [0.5, 0.6) is 5.75 Å². The Labute approximate surface area is 146 Å². The van der Waals surface area contributed by atoms with Crippen molar-refractivity contribution < 1.29 is 35.6 Å². The average molecular weight is 393 g/mol. The molecule has 0 saturated carbocycles. The van der Waals surface area contributed by atoms with Crippen molar-refractivity contribution in [3.05, 3.63) is 41.3 Å². The number of nitrogens with one attached hydrogen (secondary N) is 2. The highest BCUT2D eigenvalue weighted by Crippen LogP contribution is 2.31. The SMILES string of the molecule is Cc1noc(C)c1S(=O)(=O)NNC(=O)COc1cccc(C(F)(F)F)c1. The monoisotopic (exact) mass is 393 g/mol. The van der Waals surface area contributed by atoms with E-state index in [4.69, 9.17) is 9.26 Å². The molecular weight excluding hydrogens is 379 g/mol. The van der Waals surface area contributed by atoms with Crippen LogP contribution in [0.15, 0.2) is 33.7 Å². The molecular formula is C14H14F3N3O5S. The quantitative estimate of drug-likeness (QED) is 0.723. The number of hydrogen-bond acceptors (Lipinski definition) is 6. The fraction of sp³-hybridized carbons (Fsp3) is 0.286. The van der Waals surface area contributed by atoms with E-state index in [0.29, 0.717) is 0 Å². The Morgan fingerprint density at radius 2 is 2.00 bits per heavy atom. The summed E-state index contributed by atoms with van der Waals surface area (Å²) in [6, 6.07) is 3.93. The molecule has 2 rings (SSSR count). The summed E-state index contributed by atoms with van der Waals surface area (Å²) in [5, 5.41) is 3.49. The van der Waals surface area contributed by atoms with Gasteiger partial charge in [-0.25, -0.2) is 8.42 Å². The van der Waals surface area contributed by atoms with Crippen LogP contribution < -0.4 is 15.0 Å². The zero-order chi connectivity index (χ0) is 19.5. The molecule has 1 amide bonds. The van der Waals surface area contributed by atoms with E-state index in [1.807, 2.05) is 10.3 Å². The molecule has 12 heteroatoms. The van der Waals surface area contributed by atoms with E-state index in [2.05, 4.69) is 5.16 Å². The van der Waals surface area contributed by atoms with Crippen molar-refractivity contribution in [2.24, 2.45) is 0 Å². The molecule has 0 spiro atoms. The highest BCUT2D eigenvalue weighted by Gasteiger charge is 2.30. The number of nitrogens with zero attached hydrogens (tertiary/aromatic N) is 1. The normalized spacial score (nSPS) is 12.0. The molecule has 0 aliphatic heterocycles. The number of carbonyl (C=O) groups is 1. The van der Waals surface area contributed by atoms with Gasteiger partial charge in [0.1, 0.15) is 16.3 Å². The molecule has 0 bridgehead atoms. The predicted octanol–water partition coefficient (Wildman–Crippen LogP) is 1.70. The van der Waals surface area contributed by atoms with Gasteiger partial charge >= 0.3 is 6.18 Å². The van der Waals surface area contributed by atoms with E-state index in [1.165, 1.54) is 19.9 Å². The fourth-order valence-electron chi connectivity index (χ4n) is 1.98. The first-order valence-corrected chi connectivity index (χ1v) is 8.52. The van der Waals surface area contributed by atoms with E-state index in [0.717, 1.165) is 18.2 Å². The minimum Gasteiger partial charge on any atom is -0.484 e. The first-order valence-electron chi connectivity index (χ1n) is 7.04. The van der Waals surface area contributed by atoms with Crippen molar-refractivity contribution in [3.63, 3.8) is 0 Å². The maximum atomic E-state index is 12.6. The minimum atomic E-state index is -4.55. The summed E-state index contributed by atoms with van der Waals surface area (Å²) in [4.78, 5) is 13.3. The largest absolute Gasteiger partial charge is 0.484 e. The number of rotatable bonds is 6. The highest BCUT2D eigenvalue weighted by molar-refractivity contribution is 7.89. The Bertz CT molecular complexity index is 889. The second kappa shape index (κ2) is 7.33. The number of ether oxygens (including phenoxy) is 1. The second-order valence-corrected chi connectivity index (χ2v) is 6.74. The minimum absolute atomic E-state index is 0.0319. The van der Waals surface area contributed by atoms with Crippen molar-refractivity contribution in [2.75, 3.05) is 6.61 Å². The van der Waals surface area contributed by atoms with Crippen LogP contribution >= 0.6 is 0 Å². The number of hydrazine groups is 1. The van der Waals surface area contributed by atoms with Crippen molar-refractivity contribution in [3.8, 4) is 5.75 Å². The summed E-state index contributed by atoms with van der Waals surface area (Å²) >= 11 is 0. The number of aromatic nitrogens is 1. The summed E-state index contributed by atoms with van der Waals surface area (Å²) in [5.74, 6) is -1.08. The van der Waals surface area contributed by atoms with Gasteiger partial charge in [0.15, 0.2) is 12.4 Å². The Balaban J connectivity index is 1.94. The van der Waals surface area contributed by atoms with E-state index in [1.54, 1.807) is 0 Å². The van der Waals surface area contributed by atoms with Gasteiger partial charge in [-0.1, -0.05) is 11.2 Å². The first kappa shape index (κ1) is 19.7. The maximum Gasteiger partial charge on any atom is 0.416 e. The van der Waals surface area contributed by atoms with Crippen LogP contribution in [0.25, 0.3) is 0 Å². The highest BCUT2D eigenvalue weighted by atomic mass is 32.2. The van der Waals surface area contributed by atoms with Crippen LogP contribution in [0, 0.1) is 13.8 Å². The summed E-state index contributed by atoms with van der Waals surface area (Å²) in [6.07, 6.45) is -4.55. The Morgan fingerprint density at radius 1 is 1.31 bits per heavy atom. The second-order valence-electron chi connectivity index (χ2n) is 5.12. The molecule has 0 atom stereocenters. The molecule has 8 nitrogen and oxygen atoms in total. The topological polar surface area (TPSA) is 111 Å². The molecule has 2 N–H and O–H groups in total. The van der Waals surface area contributed by atoms with Gasteiger partial charge in [-0.15, -0.1) is 4.83 Å². The summed E-state index contributed by atoms with van der Waals surface area (Å²) in [7, 11) is -4.12. The molecule has 1 aromatic heterocycles. The van der Waals surface area contributed by atoms with Crippen molar-refractivity contribution in [1.29, 1.82) is 0 Å². The van der Waals surface area contributed by atoms with Gasteiger partial charge in [0.25, 0.3) is 15.9 Å². The maximum absolute atomic E-state index is 12.6. The zero-order valence-corrected chi connectivity index (χ0v) is 14.4. The van der Waals surface area contributed by atoms with Gasteiger partial charge in [-0.3, -0.25) is 10.2 Å². The molecule has 2 aromatic rings. The van der Waals surface area contributed by atoms with Crippen molar-refractivity contribution >= 4 is 15.9 Å². The number of hydrogen-bond donors (Lipinski definition) is 2. The van der Waals surface area contributed by atoms with E-state index in [9.17, 15) is 26.4 Å². The number of sulfonamides is 1. The fourth-order valence-corrected chi connectivity index (χ4v) is 3.17. The lowest BCUT2D eigenvalue weighted by atomic mass is 10.2. The van der Waals surface area contributed by atoms with Crippen molar-refractivity contribution in [2.45, 2.75) is 24.9 Å². The first-order chi connectivity index (χ1) is 12.0. The van der Waals surface area contributed by atoms with Crippen LogP contribution in [-0.2, 0) is 21.0 Å². The molecule has 0 aliphatic carbocycles.